The van der Waals surface area contributed by atoms with Gasteiger partial charge in [0.15, 0.2) is 5.69 Å². The molecule has 2 fully saturated rings. The molecule has 1 N–H and O–H groups in total. The molecule has 2 atom stereocenters. The average Bonchev–Trinajstić information content (AvgIpc) is 3.36. The largest absolute Gasteiger partial charge is 0.491 e. The number of hydrogen-bond donors (Lipinski definition) is 1. The van der Waals surface area contributed by atoms with E-state index in [1.165, 1.54) is 4.80 Å². The molecule has 0 aliphatic carbocycles. The van der Waals surface area contributed by atoms with E-state index in [0.717, 1.165) is 37.6 Å². The second-order valence-corrected chi connectivity index (χ2v) is 7.15. The number of benzene rings is 1. The fraction of sp³-hybridized carbons (Fsp3) is 0.526. The Morgan fingerprint density at radius 3 is 2.52 bits per heavy atom. The number of fused-ring (bicyclic) bond motifs is 1. The molecule has 8 heteroatoms. The summed E-state index contributed by atoms with van der Waals surface area (Å²) in [5.74, 6) is 1.87. The highest BCUT2D eigenvalue weighted by Gasteiger charge is 2.39. The summed E-state index contributed by atoms with van der Waals surface area (Å²) >= 11 is 0. The first-order valence-corrected chi connectivity index (χ1v) is 9.32. The lowest BCUT2D eigenvalue weighted by atomic mass is 10.0. The third kappa shape index (κ3) is 3.68. The lowest BCUT2D eigenvalue weighted by molar-refractivity contribution is 0.0774. The Morgan fingerprint density at radius 2 is 1.85 bits per heavy atom. The van der Waals surface area contributed by atoms with E-state index in [-0.39, 0.29) is 5.91 Å². The summed E-state index contributed by atoms with van der Waals surface area (Å²) in [6.07, 6.45) is 0. The molecule has 8 nitrogen and oxygen atoms in total. The smallest absolute Gasteiger partial charge is 0.276 e. The standard InChI is InChI=1S/C19H25N5O3/c1-13-18(19(25)23-11-14-9-20-10-15(14)12-23)22-24(21-13)16-3-5-17(6-4-16)27-8-7-26-2/h3-6,14-15,20H,7-12H2,1-2H3/t14-,15+. The molecule has 144 valence electrons. The van der Waals surface area contributed by atoms with Crippen LogP contribution in [0.2, 0.25) is 0 Å². The Labute approximate surface area is 158 Å². The van der Waals surface area contributed by atoms with Crippen LogP contribution in [0.25, 0.3) is 5.69 Å². The van der Waals surface area contributed by atoms with Crippen molar-refractivity contribution >= 4 is 5.91 Å². The van der Waals surface area contributed by atoms with Gasteiger partial charge in [-0.05, 0) is 43.0 Å². The summed E-state index contributed by atoms with van der Waals surface area (Å²) in [6.45, 7) is 6.48. The highest BCUT2D eigenvalue weighted by Crippen LogP contribution is 2.27. The Balaban J connectivity index is 1.45. The van der Waals surface area contributed by atoms with Gasteiger partial charge in [-0.3, -0.25) is 4.79 Å². The highest BCUT2D eigenvalue weighted by atomic mass is 16.5. The number of amides is 1. The van der Waals surface area contributed by atoms with E-state index in [2.05, 4.69) is 15.5 Å². The summed E-state index contributed by atoms with van der Waals surface area (Å²) in [6, 6.07) is 7.48. The second kappa shape index (κ2) is 7.66. The number of hydrogen-bond acceptors (Lipinski definition) is 6. The van der Waals surface area contributed by atoms with Gasteiger partial charge in [0.05, 0.1) is 18.0 Å². The van der Waals surface area contributed by atoms with Crippen molar-refractivity contribution in [1.29, 1.82) is 0 Å². The van der Waals surface area contributed by atoms with Gasteiger partial charge in [-0.25, -0.2) is 0 Å². The Hall–Kier alpha value is -2.45. The van der Waals surface area contributed by atoms with Gasteiger partial charge >= 0.3 is 0 Å². The van der Waals surface area contributed by atoms with Crippen molar-refractivity contribution in [3.8, 4) is 11.4 Å². The van der Waals surface area contributed by atoms with Crippen molar-refractivity contribution in [1.82, 2.24) is 25.2 Å². The first-order chi connectivity index (χ1) is 13.2. The Bertz CT molecular complexity index is 792. The van der Waals surface area contributed by atoms with E-state index in [1.807, 2.05) is 36.1 Å². The van der Waals surface area contributed by atoms with Crippen LogP contribution in [-0.2, 0) is 4.74 Å². The van der Waals surface area contributed by atoms with Crippen molar-refractivity contribution in [2.45, 2.75) is 6.92 Å². The zero-order chi connectivity index (χ0) is 18.8. The number of nitrogens with zero attached hydrogens (tertiary/aromatic N) is 4. The molecular weight excluding hydrogens is 346 g/mol. The molecule has 0 unspecified atom stereocenters. The highest BCUT2D eigenvalue weighted by molar-refractivity contribution is 5.93. The number of aromatic nitrogens is 3. The van der Waals surface area contributed by atoms with Crippen LogP contribution in [0.15, 0.2) is 24.3 Å². The third-order valence-corrected chi connectivity index (χ3v) is 5.29. The lowest BCUT2D eigenvalue weighted by Crippen LogP contribution is -2.32. The van der Waals surface area contributed by atoms with Crippen molar-refractivity contribution in [3.63, 3.8) is 0 Å². The van der Waals surface area contributed by atoms with Gasteiger partial charge < -0.3 is 19.7 Å². The number of likely N-dealkylation sites (tertiary alicyclic amines) is 1. The van der Waals surface area contributed by atoms with Crippen molar-refractivity contribution in [2.24, 2.45) is 11.8 Å². The molecule has 3 heterocycles. The van der Waals surface area contributed by atoms with E-state index in [4.69, 9.17) is 9.47 Å². The van der Waals surface area contributed by atoms with E-state index in [0.29, 0.717) is 36.4 Å². The SMILES string of the molecule is COCCOc1ccc(-n2nc(C)c(C(=O)N3C[C@H]4CNC[C@H]4C3)n2)cc1. The summed E-state index contributed by atoms with van der Waals surface area (Å²) in [7, 11) is 1.64. The van der Waals surface area contributed by atoms with Crippen LogP contribution < -0.4 is 10.1 Å². The normalized spacial score (nSPS) is 21.5. The summed E-state index contributed by atoms with van der Waals surface area (Å²) < 4.78 is 10.5. The van der Waals surface area contributed by atoms with E-state index >= 15 is 0 Å². The number of carbonyl (C=O) groups excluding carboxylic acids is 1. The number of nitrogens with one attached hydrogen (secondary N) is 1. The van der Waals surface area contributed by atoms with E-state index in [1.54, 1.807) is 7.11 Å². The molecule has 4 rings (SSSR count). The van der Waals surface area contributed by atoms with Gasteiger partial charge in [-0.1, -0.05) is 0 Å². The molecule has 27 heavy (non-hydrogen) atoms. The van der Waals surface area contributed by atoms with Gasteiger partial charge in [0, 0.05) is 33.3 Å². The first-order valence-electron chi connectivity index (χ1n) is 9.32. The van der Waals surface area contributed by atoms with Gasteiger partial charge in [0.1, 0.15) is 12.4 Å². The molecule has 2 saturated heterocycles. The fourth-order valence-electron chi connectivity index (χ4n) is 3.78. The van der Waals surface area contributed by atoms with Crippen molar-refractivity contribution < 1.29 is 14.3 Å². The van der Waals surface area contributed by atoms with Crippen LogP contribution in [0.1, 0.15) is 16.2 Å². The number of methoxy groups -OCH3 is 1. The predicted octanol–water partition coefficient (Wildman–Crippen LogP) is 0.892. The number of aryl methyl sites for hydroxylation is 1. The Kier molecular flexibility index (Phi) is 5.09. The maximum absolute atomic E-state index is 12.9. The molecule has 0 spiro atoms. The minimum atomic E-state index is -0.0207. The average molecular weight is 371 g/mol. The fourth-order valence-corrected chi connectivity index (χ4v) is 3.78. The quantitative estimate of drug-likeness (QED) is 0.760. The van der Waals surface area contributed by atoms with Crippen molar-refractivity contribution in [3.05, 3.63) is 35.7 Å². The molecule has 1 amide bonds. The number of ether oxygens (including phenoxy) is 2. The second-order valence-electron chi connectivity index (χ2n) is 7.15. The van der Waals surface area contributed by atoms with Crippen LogP contribution >= 0.6 is 0 Å². The zero-order valence-corrected chi connectivity index (χ0v) is 15.7. The monoisotopic (exact) mass is 371 g/mol. The lowest BCUT2D eigenvalue weighted by Gasteiger charge is -2.16. The molecule has 1 aromatic heterocycles. The summed E-state index contributed by atoms with van der Waals surface area (Å²) in [5, 5.41) is 12.3. The minimum Gasteiger partial charge on any atom is -0.491 e. The third-order valence-electron chi connectivity index (χ3n) is 5.29. The summed E-state index contributed by atoms with van der Waals surface area (Å²) in [4.78, 5) is 16.3. The molecule has 0 bridgehead atoms. The molecule has 2 aliphatic rings. The maximum atomic E-state index is 12.9. The van der Waals surface area contributed by atoms with Crippen molar-refractivity contribution in [2.75, 3.05) is 46.5 Å². The predicted molar refractivity (Wildman–Crippen MR) is 99.2 cm³/mol. The maximum Gasteiger partial charge on any atom is 0.276 e. The Morgan fingerprint density at radius 1 is 1.15 bits per heavy atom. The molecular formula is C19H25N5O3. The van der Waals surface area contributed by atoms with Crippen LogP contribution in [0, 0.1) is 18.8 Å². The molecule has 2 aromatic rings. The van der Waals surface area contributed by atoms with Crippen LogP contribution in [0.4, 0.5) is 0 Å². The van der Waals surface area contributed by atoms with E-state index < -0.39 is 0 Å². The van der Waals surface area contributed by atoms with Gasteiger partial charge in [-0.2, -0.15) is 9.90 Å². The number of carbonyl (C=O) groups is 1. The molecule has 2 aliphatic heterocycles. The first kappa shape index (κ1) is 17.9. The topological polar surface area (TPSA) is 81.5 Å². The van der Waals surface area contributed by atoms with E-state index in [9.17, 15) is 4.79 Å². The minimum absolute atomic E-state index is 0.0207. The number of rotatable bonds is 6. The zero-order valence-electron chi connectivity index (χ0n) is 15.7. The van der Waals surface area contributed by atoms with Gasteiger partial charge in [0.25, 0.3) is 5.91 Å². The van der Waals surface area contributed by atoms with Crippen LogP contribution in [-0.4, -0.2) is 72.3 Å². The van der Waals surface area contributed by atoms with Gasteiger partial charge in [0.2, 0.25) is 0 Å². The van der Waals surface area contributed by atoms with Crippen LogP contribution in [0.3, 0.4) is 0 Å². The molecule has 0 radical (unpaired) electrons. The van der Waals surface area contributed by atoms with Gasteiger partial charge in [-0.15, -0.1) is 5.10 Å². The summed E-state index contributed by atoms with van der Waals surface area (Å²) in [5.41, 5.74) is 1.87. The molecule has 0 saturated carbocycles. The molecule has 1 aromatic carbocycles. The van der Waals surface area contributed by atoms with Crippen LogP contribution in [0.5, 0.6) is 5.75 Å².